The van der Waals surface area contributed by atoms with Gasteiger partial charge in [0.1, 0.15) is 6.54 Å². The Kier molecular flexibility index (Phi) is 5.08. The molecule has 4 rings (SSSR count). The summed E-state index contributed by atoms with van der Waals surface area (Å²) in [6.45, 7) is 5.65. The molecule has 9 nitrogen and oxygen atoms in total. The van der Waals surface area contributed by atoms with Crippen LogP contribution >= 0.6 is 0 Å². The topological polar surface area (TPSA) is 106 Å². The van der Waals surface area contributed by atoms with E-state index in [1.807, 2.05) is 6.07 Å². The van der Waals surface area contributed by atoms with Crippen molar-refractivity contribution in [3.8, 4) is 16.9 Å². The molecule has 0 fully saturated rings. The van der Waals surface area contributed by atoms with Gasteiger partial charge in [0.25, 0.3) is 0 Å². The largest absolute Gasteiger partial charge is 0.405 e. The molecule has 2 N–H and O–H groups in total. The van der Waals surface area contributed by atoms with Crippen LogP contribution in [0.3, 0.4) is 0 Å². The first-order valence-electron chi connectivity index (χ1n) is 8.86. The predicted octanol–water partition coefficient (Wildman–Crippen LogP) is 2.84. The summed E-state index contributed by atoms with van der Waals surface area (Å²) in [5.74, 6) is -0.631. The summed E-state index contributed by atoms with van der Waals surface area (Å²) in [4.78, 5) is 30.6. The van der Waals surface area contributed by atoms with E-state index in [0.29, 0.717) is 11.5 Å². The quantitative estimate of drug-likeness (QED) is 0.478. The lowest BCUT2D eigenvalue weighted by atomic mass is 10.1. The Hall–Kier alpha value is -4.27. The molecule has 1 amide bonds. The fourth-order valence-corrected chi connectivity index (χ4v) is 2.94. The van der Waals surface area contributed by atoms with Gasteiger partial charge in [-0.05, 0) is 18.2 Å². The molecule has 0 aliphatic heterocycles. The number of nitrogens with one attached hydrogen (secondary N) is 2. The molecule has 0 aromatic carbocycles. The fraction of sp³-hybridized carbons (Fsp3) is 0.158. The Bertz CT molecular complexity index is 1270. The molecule has 4 aromatic heterocycles. The van der Waals surface area contributed by atoms with E-state index >= 15 is 0 Å². The smallest absolute Gasteiger partial charge is 0.343 e. The minimum atomic E-state index is -4.56. The summed E-state index contributed by atoms with van der Waals surface area (Å²) in [5.41, 5.74) is 3.14. The summed E-state index contributed by atoms with van der Waals surface area (Å²) in [6, 6.07) is 3.37. The minimum absolute atomic E-state index is 0.180. The van der Waals surface area contributed by atoms with E-state index in [9.17, 15) is 18.0 Å². The maximum Gasteiger partial charge on any atom is 0.405 e. The number of hydrogen-bond acceptors (Lipinski definition) is 5. The third-order valence-corrected chi connectivity index (χ3v) is 4.38. The number of imidazole rings is 1. The molecular formula is C19H13F3N8O. The minimum Gasteiger partial charge on any atom is -0.343 e. The number of rotatable bonds is 5. The monoisotopic (exact) mass is 426 g/mol. The Balaban J connectivity index is 1.54. The van der Waals surface area contributed by atoms with E-state index in [1.165, 1.54) is 23.0 Å². The van der Waals surface area contributed by atoms with E-state index in [2.05, 4.69) is 29.9 Å². The molecular weight excluding hydrogens is 413 g/mol. The van der Waals surface area contributed by atoms with Gasteiger partial charge in [-0.15, -0.1) is 0 Å². The van der Waals surface area contributed by atoms with E-state index in [0.717, 1.165) is 16.6 Å². The van der Waals surface area contributed by atoms with Gasteiger partial charge in [-0.3, -0.25) is 9.64 Å². The highest BCUT2D eigenvalue weighted by Gasteiger charge is 2.32. The number of fused-ring (bicyclic) bond motifs is 1. The Morgan fingerprint density at radius 3 is 2.77 bits per heavy atom. The van der Waals surface area contributed by atoms with Gasteiger partial charge in [-0.2, -0.15) is 18.3 Å². The number of carbonyl (C=O) groups excluding carboxylic acids is 1. The first-order valence-corrected chi connectivity index (χ1v) is 8.86. The average Bonchev–Trinajstić information content (AvgIpc) is 3.42. The molecule has 4 heterocycles. The lowest BCUT2D eigenvalue weighted by molar-refractivity contribution is -0.138. The zero-order valence-electron chi connectivity index (χ0n) is 15.6. The Morgan fingerprint density at radius 1 is 1.23 bits per heavy atom. The van der Waals surface area contributed by atoms with Gasteiger partial charge in [0.15, 0.2) is 11.5 Å². The van der Waals surface area contributed by atoms with Crippen LogP contribution in [-0.4, -0.2) is 48.3 Å². The highest BCUT2D eigenvalue weighted by Crippen LogP contribution is 2.26. The number of aromatic amines is 1. The van der Waals surface area contributed by atoms with Gasteiger partial charge in [0, 0.05) is 29.7 Å². The van der Waals surface area contributed by atoms with E-state index in [1.54, 1.807) is 30.2 Å². The highest BCUT2D eigenvalue weighted by molar-refractivity contribution is 5.89. The summed E-state index contributed by atoms with van der Waals surface area (Å²) in [5, 5.41) is 5.99. The number of pyridine rings is 2. The maximum absolute atomic E-state index is 12.3. The first-order chi connectivity index (χ1) is 14.9. The second-order valence-corrected chi connectivity index (χ2v) is 6.45. The third-order valence-electron chi connectivity index (χ3n) is 4.38. The maximum atomic E-state index is 12.3. The van der Waals surface area contributed by atoms with Gasteiger partial charge >= 0.3 is 18.1 Å². The molecule has 0 aliphatic rings. The number of nitrogens with zero attached hydrogens (tertiary/aromatic N) is 6. The first kappa shape index (κ1) is 20.0. The van der Waals surface area contributed by atoms with Crippen molar-refractivity contribution < 1.29 is 18.0 Å². The summed E-state index contributed by atoms with van der Waals surface area (Å²) >= 11 is 0. The molecule has 31 heavy (non-hydrogen) atoms. The molecule has 0 saturated heterocycles. The normalized spacial score (nSPS) is 12.5. The lowest BCUT2D eigenvalue weighted by Gasteiger charge is -2.10. The van der Waals surface area contributed by atoms with Crippen LogP contribution < -0.4 is 5.32 Å². The van der Waals surface area contributed by atoms with E-state index in [4.69, 9.17) is 6.57 Å². The molecule has 0 spiro atoms. The van der Waals surface area contributed by atoms with Crippen molar-refractivity contribution in [1.82, 2.24) is 35.0 Å². The number of amides is 1. The highest BCUT2D eigenvalue weighted by atomic mass is 19.4. The molecule has 0 bridgehead atoms. The lowest BCUT2D eigenvalue weighted by Crippen LogP contribution is -2.36. The number of halogens is 3. The van der Waals surface area contributed by atoms with Crippen LogP contribution in [0.1, 0.15) is 11.6 Å². The van der Waals surface area contributed by atoms with Gasteiger partial charge in [0.05, 0.1) is 23.6 Å². The molecule has 1 unspecified atom stereocenters. The van der Waals surface area contributed by atoms with Crippen molar-refractivity contribution in [3.63, 3.8) is 0 Å². The summed E-state index contributed by atoms with van der Waals surface area (Å²) in [6.07, 6.45) is 3.27. The predicted molar refractivity (Wildman–Crippen MR) is 103 cm³/mol. The zero-order chi connectivity index (χ0) is 22.0. The Morgan fingerprint density at radius 2 is 2.06 bits per heavy atom. The van der Waals surface area contributed by atoms with Crippen LogP contribution in [0.4, 0.5) is 13.2 Å². The van der Waals surface area contributed by atoms with Crippen LogP contribution in [0.25, 0.3) is 33.0 Å². The van der Waals surface area contributed by atoms with Crippen molar-refractivity contribution in [2.24, 2.45) is 0 Å². The summed E-state index contributed by atoms with van der Waals surface area (Å²) < 4.78 is 38.4. The number of aromatic nitrogens is 6. The van der Waals surface area contributed by atoms with Gasteiger partial charge < -0.3 is 10.3 Å². The van der Waals surface area contributed by atoms with E-state index in [-0.39, 0.29) is 5.56 Å². The van der Waals surface area contributed by atoms with Crippen molar-refractivity contribution >= 4 is 17.1 Å². The van der Waals surface area contributed by atoms with Crippen LogP contribution in [0.5, 0.6) is 0 Å². The standard InChI is InChI=1S/C19H13F3N8O/c1-23-15(18(31)26-9-19(20,21)22)11-2-3-14(25-6-11)30-8-12(7-29-30)13-4-5-24-17-16(13)27-10-28-17/h2-8,10,15H,9H2,(H,26,31)(H,24,27,28). The van der Waals surface area contributed by atoms with Crippen molar-refractivity contribution in [1.29, 1.82) is 0 Å². The van der Waals surface area contributed by atoms with E-state index < -0.39 is 24.7 Å². The van der Waals surface area contributed by atoms with Gasteiger partial charge in [-0.1, -0.05) is 0 Å². The van der Waals surface area contributed by atoms with Crippen molar-refractivity contribution in [3.05, 3.63) is 66.3 Å². The molecule has 156 valence electrons. The number of alkyl halides is 3. The molecule has 0 radical (unpaired) electrons. The van der Waals surface area contributed by atoms with Crippen LogP contribution in [0.2, 0.25) is 0 Å². The molecule has 1 atom stereocenters. The Labute approximate surface area is 172 Å². The zero-order valence-corrected chi connectivity index (χ0v) is 15.6. The molecule has 0 aliphatic carbocycles. The van der Waals surface area contributed by atoms with Crippen LogP contribution in [0.15, 0.2) is 49.3 Å². The number of H-pyrrole nitrogens is 1. The molecule has 4 aromatic rings. The van der Waals surface area contributed by atoms with Crippen molar-refractivity contribution in [2.45, 2.75) is 12.2 Å². The molecule has 0 saturated carbocycles. The average molecular weight is 426 g/mol. The second-order valence-electron chi connectivity index (χ2n) is 6.45. The SMILES string of the molecule is [C-]#[N+]C(C(=O)NCC(F)(F)F)c1ccc(-n2cc(-c3ccnc4nc[nH]c34)cn2)nc1. The van der Waals surface area contributed by atoms with Crippen LogP contribution in [0, 0.1) is 6.57 Å². The van der Waals surface area contributed by atoms with Crippen LogP contribution in [-0.2, 0) is 4.79 Å². The van der Waals surface area contributed by atoms with Gasteiger partial charge in [0.2, 0.25) is 0 Å². The van der Waals surface area contributed by atoms with Gasteiger partial charge in [-0.25, -0.2) is 26.2 Å². The summed E-state index contributed by atoms with van der Waals surface area (Å²) in [7, 11) is 0. The fourth-order valence-electron chi connectivity index (χ4n) is 2.94. The second kappa shape index (κ2) is 7.86. The molecule has 12 heteroatoms. The number of hydrogen-bond donors (Lipinski definition) is 2. The van der Waals surface area contributed by atoms with Crippen molar-refractivity contribution in [2.75, 3.05) is 6.54 Å². The number of carbonyl (C=O) groups is 1. The third kappa shape index (κ3) is 4.20.